The smallest absolute Gasteiger partial charge is 0.355 e. The van der Waals surface area contributed by atoms with Gasteiger partial charge in [0.25, 0.3) is 11.8 Å². The first-order chi connectivity index (χ1) is 13.9. The van der Waals surface area contributed by atoms with Crippen LogP contribution in [0.1, 0.15) is 5.69 Å². The largest absolute Gasteiger partial charge is 0.476 e. The molecular weight excluding hydrogens is 409 g/mol. The Labute approximate surface area is 166 Å². The Balaban J connectivity index is 1.79. The number of nitrogens with zero attached hydrogens (tertiary/aromatic N) is 5. The van der Waals surface area contributed by atoms with E-state index in [1.54, 1.807) is 6.07 Å². The van der Waals surface area contributed by atoms with Crippen LogP contribution in [0.4, 0.5) is 9.52 Å². The van der Waals surface area contributed by atoms with Crippen molar-refractivity contribution in [2.75, 3.05) is 32.1 Å². The number of thiazole rings is 1. The van der Waals surface area contributed by atoms with Crippen molar-refractivity contribution < 1.29 is 28.7 Å². The lowest BCUT2D eigenvalue weighted by Crippen LogP contribution is -2.46. The zero-order chi connectivity index (χ0) is 21.1. The van der Waals surface area contributed by atoms with Crippen LogP contribution in [0.3, 0.4) is 0 Å². The third-order valence-corrected chi connectivity index (χ3v) is 4.64. The zero-order valence-electron chi connectivity index (χ0n) is 14.7. The van der Waals surface area contributed by atoms with Gasteiger partial charge in [-0.25, -0.2) is 24.2 Å². The van der Waals surface area contributed by atoms with Gasteiger partial charge in [0.2, 0.25) is 0 Å². The van der Waals surface area contributed by atoms with Gasteiger partial charge in [0.1, 0.15) is 25.0 Å². The second-order valence-corrected chi connectivity index (χ2v) is 6.69. The van der Waals surface area contributed by atoms with Gasteiger partial charge in [0, 0.05) is 11.9 Å². The van der Waals surface area contributed by atoms with E-state index in [0.29, 0.717) is 0 Å². The van der Waals surface area contributed by atoms with Crippen molar-refractivity contribution in [3.05, 3.63) is 22.3 Å². The molecule has 0 aliphatic carbocycles. The number of nitrogens with two attached hydrogens (primary N) is 1. The number of aliphatic carboxylic acids is 1. The minimum absolute atomic E-state index is 0.0512. The predicted molar refractivity (Wildman–Crippen MR) is 95.6 cm³/mol. The Kier molecular flexibility index (Phi) is 5.71. The van der Waals surface area contributed by atoms with E-state index in [4.69, 9.17) is 15.8 Å². The first-order valence-electron chi connectivity index (χ1n) is 8.10. The number of halogens is 1. The van der Waals surface area contributed by atoms with E-state index in [9.17, 15) is 23.9 Å². The molecule has 0 saturated carbocycles. The topological polar surface area (TPSA) is 174 Å². The lowest BCUT2D eigenvalue weighted by molar-refractivity contribution is -0.143. The van der Waals surface area contributed by atoms with Crippen molar-refractivity contribution in [1.82, 2.24) is 20.3 Å². The monoisotopic (exact) mass is 423 g/mol. The summed E-state index contributed by atoms with van der Waals surface area (Å²) in [4.78, 5) is 45.3. The zero-order valence-corrected chi connectivity index (χ0v) is 15.5. The van der Waals surface area contributed by atoms with Gasteiger partial charge >= 0.3 is 5.97 Å². The third kappa shape index (κ3) is 3.86. The number of amides is 2. The maximum Gasteiger partial charge on any atom is 0.355 e. The van der Waals surface area contributed by atoms with Crippen LogP contribution in [0.25, 0.3) is 0 Å². The molecule has 0 bridgehead atoms. The van der Waals surface area contributed by atoms with E-state index in [0.717, 1.165) is 16.3 Å². The Morgan fingerprint density at radius 1 is 1.59 bits per heavy atom. The van der Waals surface area contributed by atoms with Crippen LogP contribution in [0.5, 0.6) is 0 Å². The van der Waals surface area contributed by atoms with Crippen LogP contribution in [-0.4, -0.2) is 76.0 Å². The van der Waals surface area contributed by atoms with Crippen molar-refractivity contribution in [2.24, 2.45) is 5.16 Å². The fourth-order valence-corrected chi connectivity index (χ4v) is 3.36. The van der Waals surface area contributed by atoms with E-state index in [1.165, 1.54) is 10.4 Å². The first kappa shape index (κ1) is 20.2. The standard InChI is InChI=1S/C15H14FN7O5S/c16-1-2-28-21-10(9-6-29-15(18)20-9)12(24)19-8-5-22-4-7(3-17)11(14(26)27)23(22)13(8)25/h6,8H,1-2,4-5H2,(H2,18,20)(H,19,24)(H,26,27)/t8-/m0/s1. The Bertz CT molecular complexity index is 969. The molecule has 2 aliphatic rings. The molecule has 0 radical (unpaired) electrons. The molecule has 1 aromatic heterocycles. The van der Waals surface area contributed by atoms with Crippen LogP contribution in [0, 0.1) is 11.3 Å². The molecule has 1 fully saturated rings. The van der Waals surface area contributed by atoms with E-state index < -0.39 is 36.2 Å². The van der Waals surface area contributed by atoms with Gasteiger partial charge < -0.3 is 21.0 Å². The first-order valence-corrected chi connectivity index (χ1v) is 8.98. The molecule has 4 N–H and O–H groups in total. The number of hydrogen-bond acceptors (Lipinski definition) is 10. The number of carboxylic acids is 1. The molecule has 0 aromatic carbocycles. The van der Waals surface area contributed by atoms with E-state index in [-0.39, 0.29) is 41.8 Å². The number of oxime groups is 1. The molecule has 2 aliphatic heterocycles. The summed E-state index contributed by atoms with van der Waals surface area (Å²) < 4.78 is 12.3. The lowest BCUT2D eigenvalue weighted by Gasteiger charge is -2.18. The maximum absolute atomic E-state index is 12.6. The summed E-state index contributed by atoms with van der Waals surface area (Å²) in [6.07, 6.45) is 0. The highest BCUT2D eigenvalue weighted by molar-refractivity contribution is 7.13. The van der Waals surface area contributed by atoms with Crippen LogP contribution in [0.2, 0.25) is 0 Å². The van der Waals surface area contributed by atoms with Gasteiger partial charge in [-0.3, -0.25) is 9.59 Å². The Hall–Kier alpha value is -3.57. The minimum atomic E-state index is -1.43. The highest BCUT2D eigenvalue weighted by Gasteiger charge is 2.48. The van der Waals surface area contributed by atoms with Crippen LogP contribution >= 0.6 is 11.3 Å². The highest BCUT2D eigenvalue weighted by Crippen LogP contribution is 2.29. The number of carbonyl (C=O) groups excluding carboxylic acids is 2. The van der Waals surface area contributed by atoms with Crippen molar-refractivity contribution in [1.29, 1.82) is 5.26 Å². The van der Waals surface area contributed by atoms with Gasteiger partial charge in [-0.1, -0.05) is 5.16 Å². The average molecular weight is 423 g/mol. The van der Waals surface area contributed by atoms with Crippen molar-refractivity contribution >= 4 is 40.0 Å². The molecule has 2 amide bonds. The number of nitrogens with one attached hydrogen (secondary N) is 1. The molecule has 1 saturated heterocycles. The van der Waals surface area contributed by atoms with Crippen LogP contribution in [0.15, 0.2) is 21.8 Å². The molecular formula is C15H14FN7O5S. The Morgan fingerprint density at radius 2 is 2.34 bits per heavy atom. The average Bonchev–Trinajstić information content (AvgIpc) is 3.34. The number of aromatic nitrogens is 1. The number of hydrogen-bond donors (Lipinski definition) is 3. The highest BCUT2D eigenvalue weighted by atomic mass is 32.1. The van der Waals surface area contributed by atoms with Gasteiger partial charge in [-0.2, -0.15) is 5.26 Å². The summed E-state index contributed by atoms with van der Waals surface area (Å²) >= 11 is 1.04. The second kappa shape index (κ2) is 8.20. The lowest BCUT2D eigenvalue weighted by atomic mass is 10.2. The SMILES string of the molecule is N#CC1=C(C(=O)O)N2C(=O)[C@@H](NC(=O)C(=NOCCF)c3csc(N)n3)CN2C1. The van der Waals surface area contributed by atoms with E-state index >= 15 is 0 Å². The molecule has 0 unspecified atom stereocenters. The minimum Gasteiger partial charge on any atom is -0.476 e. The van der Waals surface area contributed by atoms with Gasteiger partial charge in [0.15, 0.2) is 16.5 Å². The van der Waals surface area contributed by atoms with Gasteiger partial charge in [0.05, 0.1) is 18.2 Å². The van der Waals surface area contributed by atoms with E-state index in [1.807, 2.05) is 0 Å². The number of anilines is 1. The number of hydrazine groups is 1. The summed E-state index contributed by atoms with van der Waals surface area (Å²) in [5, 5.41) is 28.2. The van der Waals surface area contributed by atoms with E-state index in [2.05, 4.69) is 15.5 Å². The summed E-state index contributed by atoms with van der Waals surface area (Å²) in [7, 11) is 0. The predicted octanol–water partition coefficient (Wildman–Crippen LogP) is -1.16. The second-order valence-electron chi connectivity index (χ2n) is 5.80. The summed E-state index contributed by atoms with van der Waals surface area (Å²) in [5.41, 5.74) is 4.82. The number of nitriles is 1. The fourth-order valence-electron chi connectivity index (χ4n) is 2.82. The molecule has 1 atom stereocenters. The Morgan fingerprint density at radius 3 is 2.93 bits per heavy atom. The van der Waals surface area contributed by atoms with Gasteiger partial charge in [-0.05, 0) is 0 Å². The van der Waals surface area contributed by atoms with Crippen LogP contribution < -0.4 is 11.1 Å². The maximum atomic E-state index is 12.6. The number of alkyl halides is 1. The number of carbonyl (C=O) groups is 3. The number of carboxylic acid groups (broad SMARTS) is 1. The van der Waals surface area contributed by atoms with Gasteiger partial charge in [-0.15, -0.1) is 11.3 Å². The van der Waals surface area contributed by atoms with Crippen molar-refractivity contribution in [2.45, 2.75) is 6.04 Å². The van der Waals surface area contributed by atoms with Crippen LogP contribution in [-0.2, 0) is 19.2 Å². The number of fused-ring (bicyclic) bond motifs is 1. The summed E-state index contributed by atoms with van der Waals surface area (Å²) in [5.74, 6) is -2.98. The molecule has 3 rings (SSSR count). The summed E-state index contributed by atoms with van der Waals surface area (Å²) in [6.45, 7) is -1.33. The van der Waals surface area contributed by atoms with Crippen molar-refractivity contribution in [3.63, 3.8) is 0 Å². The third-order valence-electron chi connectivity index (χ3n) is 3.97. The quantitative estimate of drug-likeness (QED) is 0.277. The van der Waals surface area contributed by atoms with Crippen molar-refractivity contribution in [3.8, 4) is 6.07 Å². The number of nitrogen functional groups attached to an aromatic ring is 1. The molecule has 14 heteroatoms. The molecule has 3 heterocycles. The molecule has 1 aromatic rings. The summed E-state index contributed by atoms with van der Waals surface area (Å²) in [6, 6.07) is 0.664. The normalized spacial score (nSPS) is 19.3. The number of rotatable bonds is 7. The molecule has 0 spiro atoms. The fraction of sp³-hybridized carbons (Fsp3) is 0.333. The molecule has 152 valence electrons. The molecule has 29 heavy (non-hydrogen) atoms. The molecule has 12 nitrogen and oxygen atoms in total.